The van der Waals surface area contributed by atoms with E-state index in [0.717, 1.165) is 0 Å². The largest absolute Gasteiger partial charge is 0.346 e. The fourth-order valence-electron chi connectivity index (χ4n) is 0.833. The molecule has 4 nitrogen and oxygen atoms in total. The molecule has 1 aromatic carbocycles. The van der Waals surface area contributed by atoms with E-state index in [4.69, 9.17) is 5.26 Å². The number of hydrogen-bond donors (Lipinski definition) is 0. The van der Waals surface area contributed by atoms with Crippen LogP contribution in [0.25, 0.3) is 6.08 Å². The van der Waals surface area contributed by atoms with Crippen molar-refractivity contribution < 1.29 is 4.92 Å². The van der Waals surface area contributed by atoms with Crippen molar-refractivity contribution in [2.24, 2.45) is 0 Å². The fourth-order valence-corrected chi connectivity index (χ4v) is 0.833. The average molecular weight is 174 g/mol. The monoisotopic (exact) mass is 174 g/mol. The lowest BCUT2D eigenvalue weighted by Crippen LogP contribution is -1.94. The van der Waals surface area contributed by atoms with Crippen molar-refractivity contribution in [3.8, 4) is 6.07 Å². The molecule has 0 bridgehead atoms. The summed E-state index contributed by atoms with van der Waals surface area (Å²) >= 11 is 0. The Balaban J connectivity index is 3.01. The van der Waals surface area contributed by atoms with Gasteiger partial charge in [0.05, 0.1) is 4.92 Å². The number of hydrogen-bond acceptors (Lipinski definition) is 3. The summed E-state index contributed by atoms with van der Waals surface area (Å²) in [6.07, 6.45) is 1.24. The molecular formula is C9H6N2O2. The molecule has 4 heteroatoms. The molecule has 13 heavy (non-hydrogen) atoms. The number of benzene rings is 1. The predicted molar refractivity (Wildman–Crippen MR) is 47.0 cm³/mol. The van der Waals surface area contributed by atoms with Crippen LogP contribution in [0.3, 0.4) is 0 Å². The molecule has 64 valence electrons. The van der Waals surface area contributed by atoms with Gasteiger partial charge in [-0.1, -0.05) is 30.3 Å². The molecule has 0 saturated carbocycles. The van der Waals surface area contributed by atoms with E-state index in [2.05, 4.69) is 0 Å². The minimum Gasteiger partial charge on any atom is -0.258 e. The number of nitriles is 1. The lowest BCUT2D eigenvalue weighted by atomic mass is 10.2. The summed E-state index contributed by atoms with van der Waals surface area (Å²) in [6.45, 7) is 0. The SMILES string of the molecule is N#C/C(=C\c1ccccc1)[N+](=O)[O-]. The molecule has 0 aliphatic heterocycles. The highest BCUT2D eigenvalue weighted by atomic mass is 16.6. The number of allylic oxidation sites excluding steroid dienone is 1. The predicted octanol–water partition coefficient (Wildman–Crippen LogP) is 1.83. The number of nitrogens with zero attached hydrogens (tertiary/aromatic N) is 2. The molecule has 0 unspecified atom stereocenters. The van der Waals surface area contributed by atoms with Gasteiger partial charge >= 0.3 is 5.70 Å². The van der Waals surface area contributed by atoms with Gasteiger partial charge < -0.3 is 0 Å². The van der Waals surface area contributed by atoms with Crippen LogP contribution in [-0.2, 0) is 0 Å². The van der Waals surface area contributed by atoms with Crippen molar-refractivity contribution in [1.82, 2.24) is 0 Å². The van der Waals surface area contributed by atoms with E-state index in [0.29, 0.717) is 5.56 Å². The maximum Gasteiger partial charge on any atom is 0.346 e. The highest BCUT2D eigenvalue weighted by molar-refractivity contribution is 5.53. The first kappa shape index (κ1) is 8.94. The Labute approximate surface area is 74.9 Å². The van der Waals surface area contributed by atoms with Gasteiger partial charge in [-0.05, 0) is 5.56 Å². The van der Waals surface area contributed by atoms with E-state index in [-0.39, 0.29) is 0 Å². The van der Waals surface area contributed by atoms with Crippen LogP contribution in [0.5, 0.6) is 0 Å². The fraction of sp³-hybridized carbons (Fsp3) is 0. The molecule has 0 saturated heterocycles. The van der Waals surface area contributed by atoms with Crippen molar-refractivity contribution in [2.75, 3.05) is 0 Å². The van der Waals surface area contributed by atoms with Gasteiger partial charge in [-0.3, -0.25) is 10.1 Å². The smallest absolute Gasteiger partial charge is 0.258 e. The second-order valence-corrected chi connectivity index (χ2v) is 2.31. The second-order valence-electron chi connectivity index (χ2n) is 2.31. The molecule has 0 fully saturated rings. The van der Waals surface area contributed by atoms with Gasteiger partial charge in [0.1, 0.15) is 0 Å². The minimum atomic E-state index is -0.701. The van der Waals surface area contributed by atoms with Crippen molar-refractivity contribution in [1.29, 1.82) is 5.26 Å². The second kappa shape index (κ2) is 4.02. The quantitative estimate of drug-likeness (QED) is 0.390. The Bertz CT molecular complexity index is 376. The lowest BCUT2D eigenvalue weighted by Gasteiger charge is -1.89. The molecule has 0 heterocycles. The molecule has 0 aliphatic carbocycles. The minimum absolute atomic E-state index is 0.453. The first-order chi connectivity index (χ1) is 6.24. The molecule has 0 atom stereocenters. The zero-order valence-corrected chi connectivity index (χ0v) is 6.68. The lowest BCUT2D eigenvalue weighted by molar-refractivity contribution is -0.415. The summed E-state index contributed by atoms with van der Waals surface area (Å²) in [5, 5.41) is 18.6. The Morgan fingerprint density at radius 2 is 2.08 bits per heavy atom. The Morgan fingerprint density at radius 3 is 2.54 bits per heavy atom. The maximum absolute atomic E-state index is 10.2. The summed E-state index contributed by atoms with van der Waals surface area (Å²) in [6, 6.07) is 10.2. The Morgan fingerprint density at radius 1 is 1.46 bits per heavy atom. The van der Waals surface area contributed by atoms with Crippen LogP contribution in [0.4, 0.5) is 0 Å². The molecule has 0 amide bonds. The topological polar surface area (TPSA) is 66.9 Å². The zero-order valence-electron chi connectivity index (χ0n) is 6.68. The van der Waals surface area contributed by atoms with Crippen LogP contribution in [0, 0.1) is 21.4 Å². The van der Waals surface area contributed by atoms with E-state index in [1.54, 1.807) is 30.3 Å². The summed E-state index contributed by atoms with van der Waals surface area (Å²) in [7, 11) is 0. The summed E-state index contributed by atoms with van der Waals surface area (Å²) in [5.41, 5.74) is 0.196. The van der Waals surface area contributed by atoms with Crippen molar-refractivity contribution in [3.63, 3.8) is 0 Å². The van der Waals surface area contributed by atoms with Gasteiger partial charge in [0.25, 0.3) is 0 Å². The average Bonchev–Trinajstić information content (AvgIpc) is 2.15. The number of nitro groups is 1. The number of rotatable bonds is 2. The third-order valence-electron chi connectivity index (χ3n) is 1.41. The third-order valence-corrected chi connectivity index (χ3v) is 1.41. The van der Waals surface area contributed by atoms with Gasteiger partial charge in [-0.2, -0.15) is 5.26 Å². The third kappa shape index (κ3) is 2.42. The van der Waals surface area contributed by atoms with Gasteiger partial charge in [-0.15, -0.1) is 0 Å². The van der Waals surface area contributed by atoms with E-state index in [1.807, 2.05) is 0 Å². The molecular weight excluding hydrogens is 168 g/mol. The Kier molecular flexibility index (Phi) is 2.77. The maximum atomic E-state index is 10.2. The van der Waals surface area contributed by atoms with E-state index in [1.165, 1.54) is 12.1 Å². The van der Waals surface area contributed by atoms with E-state index < -0.39 is 10.6 Å². The molecule has 0 aromatic heterocycles. The van der Waals surface area contributed by atoms with Crippen molar-refractivity contribution in [3.05, 3.63) is 51.7 Å². The van der Waals surface area contributed by atoms with Gasteiger partial charge in [0.2, 0.25) is 0 Å². The summed E-state index contributed by atoms with van der Waals surface area (Å²) in [5.74, 6) is 0. The van der Waals surface area contributed by atoms with Crippen LogP contribution < -0.4 is 0 Å². The van der Waals surface area contributed by atoms with Crippen LogP contribution in [0.2, 0.25) is 0 Å². The zero-order chi connectivity index (χ0) is 9.68. The standard InChI is InChI=1S/C9H6N2O2/c10-7-9(11(12)13)6-8-4-2-1-3-5-8/h1-6H/b9-6+. The van der Waals surface area contributed by atoms with Crippen LogP contribution in [0.1, 0.15) is 5.56 Å². The molecule has 0 N–H and O–H groups in total. The van der Waals surface area contributed by atoms with Crippen molar-refractivity contribution in [2.45, 2.75) is 0 Å². The molecule has 0 radical (unpaired) electrons. The molecule has 0 spiro atoms. The van der Waals surface area contributed by atoms with Gasteiger partial charge in [0.15, 0.2) is 6.07 Å². The van der Waals surface area contributed by atoms with Crippen molar-refractivity contribution >= 4 is 6.08 Å². The normalized spacial score (nSPS) is 10.5. The molecule has 0 aliphatic rings. The van der Waals surface area contributed by atoms with Crippen LogP contribution in [0.15, 0.2) is 36.0 Å². The van der Waals surface area contributed by atoms with Gasteiger partial charge in [-0.25, -0.2) is 0 Å². The Hall–Kier alpha value is -2.15. The summed E-state index contributed by atoms with van der Waals surface area (Å²) in [4.78, 5) is 9.55. The first-order valence-corrected chi connectivity index (χ1v) is 3.55. The molecule has 1 rings (SSSR count). The molecule has 1 aromatic rings. The summed E-state index contributed by atoms with van der Waals surface area (Å²) < 4.78 is 0. The van der Waals surface area contributed by atoms with Crippen LogP contribution >= 0.6 is 0 Å². The van der Waals surface area contributed by atoms with E-state index >= 15 is 0 Å². The first-order valence-electron chi connectivity index (χ1n) is 3.55. The van der Waals surface area contributed by atoms with Crippen LogP contribution in [-0.4, -0.2) is 4.92 Å². The highest BCUT2D eigenvalue weighted by Gasteiger charge is 2.07. The highest BCUT2D eigenvalue weighted by Crippen LogP contribution is 2.05. The van der Waals surface area contributed by atoms with Gasteiger partial charge in [0, 0.05) is 6.08 Å². The van der Waals surface area contributed by atoms with E-state index in [9.17, 15) is 10.1 Å².